The molecule has 1 amide bonds. The van der Waals surface area contributed by atoms with Gasteiger partial charge in [0.05, 0.1) is 24.9 Å². The van der Waals surface area contributed by atoms with E-state index in [2.05, 4.69) is 41.6 Å². The number of nitrogens with one attached hydrogen (secondary N) is 2. The maximum absolute atomic E-state index is 13.3. The summed E-state index contributed by atoms with van der Waals surface area (Å²) in [7, 11) is 1.21. The number of carbonyl (C=O) groups is 4. The van der Waals surface area contributed by atoms with Crippen molar-refractivity contribution < 1.29 is 33.4 Å². The average molecular weight is 591 g/mol. The summed E-state index contributed by atoms with van der Waals surface area (Å²) in [6, 6.07) is 6.78. The number of methoxy groups -OCH3 is 1. The van der Waals surface area contributed by atoms with Crippen LogP contribution in [-0.4, -0.2) is 74.9 Å². The van der Waals surface area contributed by atoms with Crippen molar-refractivity contribution in [1.29, 1.82) is 0 Å². The molecule has 0 saturated carbocycles. The van der Waals surface area contributed by atoms with Crippen LogP contribution >= 0.6 is 15.9 Å². The Balaban J connectivity index is 1.69. The topological polar surface area (TPSA) is 167 Å². The number of nitrogens with zero attached hydrogens (tertiary/aromatic N) is 4. The Hall–Kier alpha value is -4.07. The number of halogens is 1. The second-order valence-electron chi connectivity index (χ2n) is 8.99. The summed E-state index contributed by atoms with van der Waals surface area (Å²) in [4.78, 5) is 53.3. The van der Waals surface area contributed by atoms with Crippen LogP contribution in [0.5, 0.6) is 0 Å². The number of esters is 2. The molecule has 0 fully saturated rings. The third-order valence-corrected chi connectivity index (χ3v) is 5.45. The lowest BCUT2D eigenvalue weighted by Crippen LogP contribution is -2.36. The van der Waals surface area contributed by atoms with Gasteiger partial charge in [0.1, 0.15) is 24.4 Å². The number of benzene rings is 1. The van der Waals surface area contributed by atoms with E-state index in [1.807, 2.05) is 0 Å². The predicted molar refractivity (Wildman–Crippen MR) is 136 cm³/mol. The molecule has 0 aliphatic rings. The Labute approximate surface area is 226 Å². The number of ketones is 1. The summed E-state index contributed by atoms with van der Waals surface area (Å²) >= 11 is 3.34. The molecular formula is C24H27BrN6O7. The Morgan fingerprint density at radius 2 is 1.92 bits per heavy atom. The lowest BCUT2D eigenvalue weighted by atomic mass is 9.99. The third-order valence-electron chi connectivity index (χ3n) is 4.96. The van der Waals surface area contributed by atoms with E-state index in [4.69, 9.17) is 14.2 Å². The first-order valence-electron chi connectivity index (χ1n) is 11.4. The van der Waals surface area contributed by atoms with E-state index in [0.717, 1.165) is 0 Å². The molecule has 202 valence electrons. The molecule has 0 aliphatic carbocycles. The summed E-state index contributed by atoms with van der Waals surface area (Å²) in [6.07, 6.45) is -0.734. The fourth-order valence-corrected chi connectivity index (χ4v) is 3.72. The minimum absolute atomic E-state index is 0.0345. The number of hydrogen-bond donors (Lipinski definition) is 2. The lowest BCUT2D eigenvalue weighted by molar-refractivity contribution is -0.142. The van der Waals surface area contributed by atoms with E-state index in [-0.39, 0.29) is 42.6 Å². The number of amides is 1. The van der Waals surface area contributed by atoms with Crippen molar-refractivity contribution in [2.24, 2.45) is 0 Å². The van der Waals surface area contributed by atoms with Crippen LogP contribution < -0.4 is 5.32 Å². The molecule has 14 heteroatoms. The number of tetrazole rings is 1. The molecular weight excluding hydrogens is 564 g/mol. The van der Waals surface area contributed by atoms with Gasteiger partial charge >= 0.3 is 18.0 Å². The molecule has 2 N–H and O–H groups in total. The third kappa shape index (κ3) is 7.25. The minimum Gasteiger partial charge on any atom is -0.464 e. The first-order chi connectivity index (χ1) is 17.9. The smallest absolute Gasteiger partial charge is 0.408 e. The second kappa shape index (κ2) is 12.0. The number of ether oxygens (including phenoxy) is 3. The van der Waals surface area contributed by atoms with Crippen LogP contribution in [0.15, 0.2) is 28.7 Å². The number of hydrogen-bond acceptors (Lipinski definition) is 10. The molecule has 0 unspecified atom stereocenters. The number of carbonyl (C=O) groups excluding carboxylic acids is 4. The molecule has 0 aliphatic heterocycles. The Morgan fingerprint density at radius 1 is 1.18 bits per heavy atom. The van der Waals surface area contributed by atoms with Crippen LogP contribution in [-0.2, 0) is 25.5 Å². The van der Waals surface area contributed by atoms with Crippen LogP contribution in [0.1, 0.15) is 52.7 Å². The summed E-state index contributed by atoms with van der Waals surface area (Å²) in [5.41, 5.74) is 0.535. The van der Waals surface area contributed by atoms with Gasteiger partial charge in [-0.2, -0.15) is 4.80 Å². The van der Waals surface area contributed by atoms with Gasteiger partial charge in [-0.3, -0.25) is 9.59 Å². The summed E-state index contributed by atoms with van der Waals surface area (Å²) < 4.78 is 15.7. The van der Waals surface area contributed by atoms with Crippen molar-refractivity contribution >= 4 is 39.7 Å². The Morgan fingerprint density at radius 3 is 2.58 bits per heavy atom. The number of alkyl carbamates (subject to hydrolysis) is 1. The van der Waals surface area contributed by atoms with Crippen LogP contribution in [0, 0.1) is 6.92 Å². The van der Waals surface area contributed by atoms with Gasteiger partial charge in [0.25, 0.3) is 0 Å². The zero-order valence-electron chi connectivity index (χ0n) is 21.5. The van der Waals surface area contributed by atoms with Crippen LogP contribution in [0.25, 0.3) is 11.5 Å². The molecule has 2 heterocycles. The van der Waals surface area contributed by atoms with Crippen LogP contribution in [0.3, 0.4) is 0 Å². The highest BCUT2D eigenvalue weighted by molar-refractivity contribution is 9.10. The maximum atomic E-state index is 13.3. The van der Waals surface area contributed by atoms with E-state index in [9.17, 15) is 19.2 Å². The zero-order chi connectivity index (χ0) is 28.0. The van der Waals surface area contributed by atoms with Crippen molar-refractivity contribution in [3.63, 3.8) is 0 Å². The van der Waals surface area contributed by atoms with Crippen molar-refractivity contribution in [2.75, 3.05) is 20.3 Å². The van der Waals surface area contributed by atoms with Gasteiger partial charge in [-0.25, -0.2) is 9.59 Å². The average Bonchev–Trinajstić information content (AvgIpc) is 3.45. The quantitative estimate of drug-likeness (QED) is 0.215. The van der Waals surface area contributed by atoms with Gasteiger partial charge in [-0.15, -0.1) is 10.2 Å². The largest absolute Gasteiger partial charge is 0.464 e. The molecule has 3 rings (SSSR count). The van der Waals surface area contributed by atoms with Crippen molar-refractivity contribution in [1.82, 2.24) is 30.5 Å². The Bertz CT molecular complexity index is 1360. The molecule has 2 aromatic heterocycles. The normalized spacial score (nSPS) is 11.1. The molecule has 0 spiro atoms. The molecule has 38 heavy (non-hydrogen) atoms. The molecule has 0 bridgehead atoms. The van der Waals surface area contributed by atoms with E-state index >= 15 is 0 Å². The van der Waals surface area contributed by atoms with Gasteiger partial charge < -0.3 is 24.5 Å². The van der Waals surface area contributed by atoms with E-state index in [1.165, 1.54) is 11.9 Å². The van der Waals surface area contributed by atoms with Crippen LogP contribution in [0.4, 0.5) is 4.79 Å². The molecule has 0 saturated heterocycles. The van der Waals surface area contributed by atoms with E-state index in [0.29, 0.717) is 21.3 Å². The maximum Gasteiger partial charge on any atom is 0.408 e. The number of H-pyrrole nitrogens is 1. The minimum atomic E-state index is -0.734. The predicted octanol–water partition coefficient (Wildman–Crippen LogP) is 2.82. The number of aromatic amines is 1. The van der Waals surface area contributed by atoms with Gasteiger partial charge in [-0.1, -0.05) is 28.1 Å². The molecule has 0 radical (unpaired) electrons. The fourth-order valence-electron chi connectivity index (χ4n) is 3.32. The second-order valence-corrected chi connectivity index (χ2v) is 9.91. The molecule has 0 atom stereocenters. The van der Waals surface area contributed by atoms with Crippen molar-refractivity contribution in [2.45, 2.75) is 39.8 Å². The van der Waals surface area contributed by atoms with Gasteiger partial charge in [0.2, 0.25) is 5.82 Å². The summed E-state index contributed by atoms with van der Waals surface area (Å²) in [6.45, 7) is 6.39. The summed E-state index contributed by atoms with van der Waals surface area (Å²) in [5, 5.41) is 14.5. The first kappa shape index (κ1) is 28.5. The van der Waals surface area contributed by atoms with E-state index in [1.54, 1.807) is 52.0 Å². The lowest BCUT2D eigenvalue weighted by Gasteiger charge is -2.19. The van der Waals surface area contributed by atoms with Crippen molar-refractivity contribution in [3.8, 4) is 11.5 Å². The molecule has 3 aromatic rings. The monoisotopic (exact) mass is 590 g/mol. The zero-order valence-corrected chi connectivity index (χ0v) is 23.0. The van der Waals surface area contributed by atoms with Crippen LogP contribution in [0.2, 0.25) is 0 Å². The van der Waals surface area contributed by atoms with Gasteiger partial charge in [0.15, 0.2) is 5.78 Å². The van der Waals surface area contributed by atoms with E-state index < -0.39 is 23.6 Å². The van der Waals surface area contributed by atoms with Crippen molar-refractivity contribution in [3.05, 3.63) is 51.1 Å². The summed E-state index contributed by atoms with van der Waals surface area (Å²) in [5.74, 6) is -1.66. The molecule has 1 aromatic carbocycles. The van der Waals surface area contributed by atoms with Gasteiger partial charge in [-0.05, 0) is 50.6 Å². The Kier molecular flexibility index (Phi) is 8.99. The first-order valence-corrected chi connectivity index (χ1v) is 12.2. The fraction of sp³-hybridized carbons (Fsp3) is 0.375. The highest BCUT2D eigenvalue weighted by Crippen LogP contribution is 2.28. The molecule has 13 nitrogen and oxygen atoms in total. The SMILES string of the molecule is COC(=O)c1[nH]c(-c2nnn(CCOC(=O)CNC(=O)OC(C)(C)C)n2)c(C)c1C(=O)c1cccc(Br)c1. The number of rotatable bonds is 9. The van der Waals surface area contributed by atoms with Gasteiger partial charge in [0, 0.05) is 10.0 Å². The highest BCUT2D eigenvalue weighted by Gasteiger charge is 2.28. The number of aromatic nitrogens is 5. The standard InChI is InChI=1S/C24H27BrN6O7/c1-13-17(20(33)14-7-6-8-15(25)11-14)19(22(34)36-5)27-18(13)21-28-30-31(29-21)9-10-37-16(32)12-26-23(35)38-24(2,3)4/h6-8,11,27H,9-10,12H2,1-5H3,(H,26,35). The highest BCUT2D eigenvalue weighted by atomic mass is 79.9.